The number of ether oxygens (including phenoxy) is 1. The third-order valence-electron chi connectivity index (χ3n) is 2.65. The molecule has 0 aliphatic rings. The minimum atomic E-state index is -1.21. The van der Waals surface area contributed by atoms with Gasteiger partial charge in [0.25, 0.3) is 0 Å². The SMILES string of the molecule is CC(C)[C@H](O)[C@@H](N=[N+]=[N-])C(=O)OCc1ccccc1. The highest BCUT2D eigenvalue weighted by Gasteiger charge is 2.29. The van der Waals surface area contributed by atoms with Gasteiger partial charge in [0.15, 0.2) is 6.04 Å². The second-order valence-electron chi connectivity index (χ2n) is 4.48. The number of hydrogen-bond acceptors (Lipinski definition) is 4. The van der Waals surface area contributed by atoms with Gasteiger partial charge >= 0.3 is 5.97 Å². The Morgan fingerprint density at radius 1 is 1.42 bits per heavy atom. The topological polar surface area (TPSA) is 95.3 Å². The molecule has 0 heterocycles. The molecule has 0 aliphatic heterocycles. The largest absolute Gasteiger partial charge is 0.460 e. The van der Waals surface area contributed by atoms with Gasteiger partial charge in [-0.25, -0.2) is 0 Å². The molecular formula is C13H17N3O3. The van der Waals surface area contributed by atoms with Gasteiger partial charge in [0.05, 0.1) is 6.10 Å². The van der Waals surface area contributed by atoms with E-state index in [1.807, 2.05) is 30.3 Å². The molecule has 0 amide bonds. The summed E-state index contributed by atoms with van der Waals surface area (Å²) in [5.74, 6) is -0.928. The van der Waals surface area contributed by atoms with Crippen molar-refractivity contribution in [1.29, 1.82) is 0 Å². The standard InChI is InChI=1S/C13H17N3O3/c1-9(2)12(17)11(15-16-14)13(18)19-8-10-6-4-3-5-7-10/h3-7,9,11-12,17H,8H2,1-2H3/t11-,12+/m1/s1. The van der Waals surface area contributed by atoms with Crippen LogP contribution in [0.15, 0.2) is 35.4 Å². The molecule has 6 nitrogen and oxygen atoms in total. The molecule has 102 valence electrons. The number of hydrogen-bond donors (Lipinski definition) is 1. The summed E-state index contributed by atoms with van der Waals surface area (Å²) in [7, 11) is 0. The van der Waals surface area contributed by atoms with Crippen LogP contribution in [-0.2, 0) is 16.1 Å². The number of rotatable bonds is 6. The minimum Gasteiger partial charge on any atom is -0.460 e. The Balaban J connectivity index is 2.65. The first-order valence-corrected chi connectivity index (χ1v) is 5.99. The van der Waals surface area contributed by atoms with Crippen molar-refractivity contribution in [2.24, 2.45) is 11.0 Å². The van der Waals surface area contributed by atoms with E-state index >= 15 is 0 Å². The van der Waals surface area contributed by atoms with E-state index in [1.54, 1.807) is 13.8 Å². The maximum Gasteiger partial charge on any atom is 0.317 e. The molecular weight excluding hydrogens is 246 g/mol. The molecule has 2 atom stereocenters. The molecule has 1 aromatic rings. The number of benzene rings is 1. The van der Waals surface area contributed by atoms with E-state index in [9.17, 15) is 9.90 Å². The molecule has 1 N–H and O–H groups in total. The molecule has 0 radical (unpaired) electrons. The van der Waals surface area contributed by atoms with Crippen molar-refractivity contribution in [1.82, 2.24) is 0 Å². The molecule has 0 fully saturated rings. The fraction of sp³-hybridized carbons (Fsp3) is 0.462. The van der Waals surface area contributed by atoms with E-state index in [0.29, 0.717) is 0 Å². The van der Waals surface area contributed by atoms with Gasteiger partial charge in [0.1, 0.15) is 6.61 Å². The zero-order valence-electron chi connectivity index (χ0n) is 10.9. The van der Waals surface area contributed by atoms with Gasteiger partial charge in [-0.2, -0.15) is 0 Å². The molecule has 1 aromatic carbocycles. The van der Waals surface area contributed by atoms with E-state index < -0.39 is 18.1 Å². The predicted molar refractivity (Wildman–Crippen MR) is 70.0 cm³/mol. The van der Waals surface area contributed by atoms with Crippen LogP contribution in [0.2, 0.25) is 0 Å². The van der Waals surface area contributed by atoms with Crippen LogP contribution in [0.5, 0.6) is 0 Å². The highest BCUT2D eigenvalue weighted by Crippen LogP contribution is 2.13. The Labute approximate surface area is 111 Å². The fourth-order valence-electron chi connectivity index (χ4n) is 1.49. The molecule has 6 heteroatoms. The zero-order valence-corrected chi connectivity index (χ0v) is 10.9. The van der Waals surface area contributed by atoms with E-state index in [4.69, 9.17) is 10.3 Å². The number of carbonyl (C=O) groups excluding carboxylic acids is 1. The van der Waals surface area contributed by atoms with Crippen molar-refractivity contribution >= 4 is 5.97 Å². The molecule has 1 rings (SSSR count). The average molecular weight is 263 g/mol. The molecule has 0 spiro atoms. The average Bonchev–Trinajstić information content (AvgIpc) is 2.42. The lowest BCUT2D eigenvalue weighted by Crippen LogP contribution is -2.37. The number of esters is 1. The Kier molecular flexibility index (Phi) is 5.85. The maximum atomic E-state index is 11.8. The van der Waals surface area contributed by atoms with Crippen LogP contribution in [-0.4, -0.2) is 23.2 Å². The molecule has 0 aromatic heterocycles. The van der Waals surface area contributed by atoms with E-state index in [-0.39, 0.29) is 12.5 Å². The van der Waals surface area contributed by atoms with Crippen molar-refractivity contribution in [3.05, 3.63) is 46.3 Å². The highest BCUT2D eigenvalue weighted by atomic mass is 16.5. The summed E-state index contributed by atoms with van der Waals surface area (Å²) >= 11 is 0. The molecule has 0 unspecified atom stereocenters. The first-order valence-electron chi connectivity index (χ1n) is 5.99. The normalized spacial score (nSPS) is 13.5. The van der Waals surface area contributed by atoms with Crippen molar-refractivity contribution in [2.45, 2.75) is 32.6 Å². The first kappa shape index (κ1) is 15.0. The van der Waals surface area contributed by atoms with E-state index in [1.165, 1.54) is 0 Å². The van der Waals surface area contributed by atoms with Crippen LogP contribution < -0.4 is 0 Å². The number of nitrogens with zero attached hydrogens (tertiary/aromatic N) is 3. The summed E-state index contributed by atoms with van der Waals surface area (Å²) in [6.07, 6.45) is -1.06. The first-order chi connectivity index (χ1) is 9.06. The van der Waals surface area contributed by atoms with E-state index in [2.05, 4.69) is 10.0 Å². The van der Waals surface area contributed by atoms with Crippen LogP contribution in [0.3, 0.4) is 0 Å². The highest BCUT2D eigenvalue weighted by molar-refractivity contribution is 5.76. The van der Waals surface area contributed by atoms with Gasteiger partial charge in [0, 0.05) is 4.91 Å². The number of carbonyl (C=O) groups is 1. The third kappa shape index (κ3) is 4.62. The monoisotopic (exact) mass is 263 g/mol. The Morgan fingerprint density at radius 3 is 2.58 bits per heavy atom. The van der Waals surface area contributed by atoms with Crippen LogP contribution in [0, 0.1) is 5.92 Å². The summed E-state index contributed by atoms with van der Waals surface area (Å²) in [5, 5.41) is 13.1. The fourth-order valence-corrected chi connectivity index (χ4v) is 1.49. The summed E-state index contributed by atoms with van der Waals surface area (Å²) in [5.41, 5.74) is 9.27. The van der Waals surface area contributed by atoms with Gasteiger partial charge in [-0.1, -0.05) is 49.3 Å². The van der Waals surface area contributed by atoms with Crippen LogP contribution in [0.4, 0.5) is 0 Å². The second kappa shape index (κ2) is 7.41. The summed E-state index contributed by atoms with van der Waals surface area (Å²) in [6.45, 7) is 3.55. The van der Waals surface area contributed by atoms with E-state index in [0.717, 1.165) is 5.56 Å². The summed E-state index contributed by atoms with van der Waals surface area (Å²) < 4.78 is 5.05. The Bertz CT molecular complexity index is 455. The molecule has 0 bridgehead atoms. The number of aliphatic hydroxyl groups excluding tert-OH is 1. The van der Waals surface area contributed by atoms with Crippen LogP contribution >= 0.6 is 0 Å². The quantitative estimate of drug-likeness (QED) is 0.369. The third-order valence-corrected chi connectivity index (χ3v) is 2.65. The number of azide groups is 1. The maximum absolute atomic E-state index is 11.8. The van der Waals surface area contributed by atoms with Crippen LogP contribution in [0.25, 0.3) is 10.4 Å². The molecule has 19 heavy (non-hydrogen) atoms. The molecule has 0 saturated heterocycles. The van der Waals surface area contributed by atoms with Gasteiger partial charge in [0.2, 0.25) is 0 Å². The lowest BCUT2D eigenvalue weighted by molar-refractivity contribution is -0.150. The lowest BCUT2D eigenvalue weighted by Gasteiger charge is -2.20. The van der Waals surface area contributed by atoms with Crippen molar-refractivity contribution in [3.8, 4) is 0 Å². The number of aliphatic hydroxyl groups is 1. The minimum absolute atomic E-state index is 0.0853. The molecule has 0 aliphatic carbocycles. The van der Waals surface area contributed by atoms with Crippen molar-refractivity contribution < 1.29 is 14.6 Å². The Hall–Kier alpha value is -2.04. The van der Waals surface area contributed by atoms with Crippen molar-refractivity contribution in [2.75, 3.05) is 0 Å². The van der Waals surface area contributed by atoms with Gasteiger partial charge in [-0.05, 0) is 17.0 Å². The predicted octanol–water partition coefficient (Wildman–Crippen LogP) is 2.43. The van der Waals surface area contributed by atoms with Gasteiger partial charge in [-0.15, -0.1) is 0 Å². The van der Waals surface area contributed by atoms with Crippen molar-refractivity contribution in [3.63, 3.8) is 0 Å². The smallest absolute Gasteiger partial charge is 0.317 e. The van der Waals surface area contributed by atoms with Gasteiger partial charge in [-0.3, -0.25) is 4.79 Å². The van der Waals surface area contributed by atoms with Crippen LogP contribution in [0.1, 0.15) is 19.4 Å². The lowest BCUT2D eigenvalue weighted by atomic mass is 10.0. The summed E-state index contributed by atoms with van der Waals surface area (Å²) in [4.78, 5) is 14.4. The zero-order chi connectivity index (χ0) is 14.3. The summed E-state index contributed by atoms with van der Waals surface area (Å²) in [6, 6.07) is 7.93. The van der Waals surface area contributed by atoms with Gasteiger partial charge < -0.3 is 9.84 Å². The Morgan fingerprint density at radius 2 is 2.05 bits per heavy atom. The second-order valence-corrected chi connectivity index (χ2v) is 4.48. The molecule has 0 saturated carbocycles.